The van der Waals surface area contributed by atoms with Crippen LogP contribution in [-0.2, 0) is 0 Å². The maximum Gasteiger partial charge on any atom is 0.354 e. The van der Waals surface area contributed by atoms with Crippen LogP contribution >= 0.6 is 15.9 Å². The van der Waals surface area contributed by atoms with E-state index in [1.54, 1.807) is 29.2 Å². The van der Waals surface area contributed by atoms with Gasteiger partial charge < -0.3 is 14.9 Å². The van der Waals surface area contributed by atoms with E-state index in [0.717, 1.165) is 4.47 Å². The van der Waals surface area contributed by atoms with Crippen molar-refractivity contribution >= 4 is 33.6 Å². The number of nitrogens with zero attached hydrogens (tertiary/aromatic N) is 3. The van der Waals surface area contributed by atoms with Crippen LogP contribution in [0, 0.1) is 0 Å². The van der Waals surface area contributed by atoms with E-state index in [0.29, 0.717) is 37.6 Å². The predicted octanol–water partition coefficient (Wildman–Crippen LogP) is 2.50. The van der Waals surface area contributed by atoms with Crippen LogP contribution in [0.5, 0.6) is 0 Å². The molecule has 0 saturated carbocycles. The molecule has 0 spiro atoms. The van der Waals surface area contributed by atoms with E-state index in [-0.39, 0.29) is 11.6 Å². The molecule has 7 heteroatoms. The van der Waals surface area contributed by atoms with Crippen molar-refractivity contribution in [1.82, 2.24) is 9.88 Å². The number of hydrogen-bond donors (Lipinski definition) is 1. The highest BCUT2D eigenvalue weighted by Crippen LogP contribution is 2.17. The average molecular weight is 390 g/mol. The Hall–Kier alpha value is -2.41. The molecule has 24 heavy (non-hydrogen) atoms. The van der Waals surface area contributed by atoms with Crippen molar-refractivity contribution in [2.45, 2.75) is 0 Å². The minimum Gasteiger partial charge on any atom is -0.477 e. The van der Waals surface area contributed by atoms with Gasteiger partial charge in [-0.05, 0) is 36.4 Å². The lowest BCUT2D eigenvalue weighted by atomic mass is 10.2. The van der Waals surface area contributed by atoms with Crippen LogP contribution in [0.4, 0.5) is 5.82 Å². The topological polar surface area (TPSA) is 73.7 Å². The molecular formula is C17H16BrN3O3. The standard InChI is InChI=1S/C17H16BrN3O3/c18-13-6-4-12(5-7-13)16(22)21-10-8-20(9-11-21)15-3-1-2-14(19-15)17(23)24/h1-7H,8-11H2,(H,23,24). The van der Waals surface area contributed by atoms with Crippen LogP contribution in [0.15, 0.2) is 46.9 Å². The summed E-state index contributed by atoms with van der Waals surface area (Å²) in [7, 11) is 0. The van der Waals surface area contributed by atoms with Crippen molar-refractivity contribution in [2.75, 3.05) is 31.1 Å². The molecule has 2 aromatic rings. The van der Waals surface area contributed by atoms with Gasteiger partial charge >= 0.3 is 5.97 Å². The Morgan fingerprint density at radius 3 is 2.29 bits per heavy atom. The molecule has 6 nitrogen and oxygen atoms in total. The third-order valence-electron chi connectivity index (χ3n) is 3.94. The highest BCUT2D eigenvalue weighted by Gasteiger charge is 2.23. The number of aromatic nitrogens is 1. The molecule has 2 heterocycles. The second-order valence-corrected chi connectivity index (χ2v) is 6.39. The fourth-order valence-electron chi connectivity index (χ4n) is 2.63. The molecular weight excluding hydrogens is 374 g/mol. The molecule has 1 saturated heterocycles. The highest BCUT2D eigenvalue weighted by atomic mass is 79.9. The van der Waals surface area contributed by atoms with Crippen LogP contribution in [0.25, 0.3) is 0 Å². The van der Waals surface area contributed by atoms with Gasteiger partial charge in [0, 0.05) is 36.2 Å². The monoisotopic (exact) mass is 389 g/mol. The molecule has 1 N–H and O–H groups in total. The van der Waals surface area contributed by atoms with Crippen molar-refractivity contribution in [3.8, 4) is 0 Å². The maximum atomic E-state index is 12.5. The summed E-state index contributed by atoms with van der Waals surface area (Å²) in [5.41, 5.74) is 0.693. The zero-order valence-electron chi connectivity index (χ0n) is 12.9. The Kier molecular flexibility index (Phi) is 4.80. The van der Waals surface area contributed by atoms with E-state index in [9.17, 15) is 9.59 Å². The van der Waals surface area contributed by atoms with Crippen molar-refractivity contribution < 1.29 is 14.7 Å². The summed E-state index contributed by atoms with van der Waals surface area (Å²) in [6, 6.07) is 12.3. The van der Waals surface area contributed by atoms with Gasteiger partial charge in [-0.1, -0.05) is 22.0 Å². The fourth-order valence-corrected chi connectivity index (χ4v) is 2.90. The molecule has 0 radical (unpaired) electrons. The van der Waals surface area contributed by atoms with Gasteiger partial charge in [0.05, 0.1) is 0 Å². The number of carbonyl (C=O) groups is 2. The minimum absolute atomic E-state index is 0.00870. The molecule has 1 amide bonds. The quantitative estimate of drug-likeness (QED) is 0.872. The van der Waals surface area contributed by atoms with Crippen LogP contribution in [0.1, 0.15) is 20.8 Å². The molecule has 1 aromatic heterocycles. The summed E-state index contributed by atoms with van der Waals surface area (Å²) in [5.74, 6) is -0.402. The maximum absolute atomic E-state index is 12.5. The molecule has 3 rings (SSSR count). The number of hydrogen-bond acceptors (Lipinski definition) is 4. The number of carboxylic acids is 1. The second kappa shape index (κ2) is 7.00. The molecule has 0 atom stereocenters. The van der Waals surface area contributed by atoms with E-state index in [4.69, 9.17) is 5.11 Å². The van der Waals surface area contributed by atoms with Crippen molar-refractivity contribution in [1.29, 1.82) is 0 Å². The number of aromatic carboxylic acids is 1. The molecule has 1 fully saturated rings. The van der Waals surface area contributed by atoms with Gasteiger partial charge in [-0.2, -0.15) is 0 Å². The number of carbonyl (C=O) groups excluding carboxylic acids is 1. The van der Waals surface area contributed by atoms with E-state index >= 15 is 0 Å². The molecule has 1 aromatic carbocycles. The number of anilines is 1. The predicted molar refractivity (Wildman–Crippen MR) is 93.5 cm³/mol. The zero-order valence-corrected chi connectivity index (χ0v) is 14.4. The van der Waals surface area contributed by atoms with Crippen LogP contribution in [0.2, 0.25) is 0 Å². The number of amides is 1. The Bertz CT molecular complexity index is 756. The second-order valence-electron chi connectivity index (χ2n) is 5.47. The van der Waals surface area contributed by atoms with Gasteiger partial charge in [0.1, 0.15) is 5.82 Å². The largest absolute Gasteiger partial charge is 0.477 e. The summed E-state index contributed by atoms with van der Waals surface area (Å²) in [6.45, 7) is 2.40. The molecule has 0 bridgehead atoms. The van der Waals surface area contributed by atoms with E-state index in [1.165, 1.54) is 6.07 Å². The van der Waals surface area contributed by atoms with Gasteiger partial charge in [-0.15, -0.1) is 0 Å². The molecule has 1 aliphatic heterocycles. The number of piperazine rings is 1. The lowest BCUT2D eigenvalue weighted by Crippen LogP contribution is -2.49. The lowest BCUT2D eigenvalue weighted by molar-refractivity contribution is 0.0690. The van der Waals surface area contributed by atoms with Gasteiger partial charge in [-0.3, -0.25) is 4.79 Å². The first-order chi connectivity index (χ1) is 11.5. The van der Waals surface area contributed by atoms with Gasteiger partial charge in [0.2, 0.25) is 0 Å². The lowest BCUT2D eigenvalue weighted by Gasteiger charge is -2.35. The van der Waals surface area contributed by atoms with Crippen molar-refractivity contribution in [3.63, 3.8) is 0 Å². The molecule has 0 unspecified atom stereocenters. The van der Waals surface area contributed by atoms with Crippen LogP contribution in [-0.4, -0.2) is 53.0 Å². The molecule has 0 aliphatic carbocycles. The Morgan fingerprint density at radius 2 is 1.67 bits per heavy atom. The molecule has 124 valence electrons. The van der Waals surface area contributed by atoms with Crippen LogP contribution < -0.4 is 4.90 Å². The summed E-state index contributed by atoms with van der Waals surface area (Å²) < 4.78 is 0.938. The third kappa shape index (κ3) is 3.56. The summed E-state index contributed by atoms with van der Waals surface area (Å²) in [6.07, 6.45) is 0. The zero-order chi connectivity index (χ0) is 17.1. The number of carboxylic acid groups (broad SMARTS) is 1. The molecule has 1 aliphatic rings. The van der Waals surface area contributed by atoms with E-state index in [2.05, 4.69) is 20.9 Å². The third-order valence-corrected chi connectivity index (χ3v) is 4.46. The van der Waals surface area contributed by atoms with E-state index in [1.807, 2.05) is 17.0 Å². The Morgan fingerprint density at radius 1 is 1.00 bits per heavy atom. The minimum atomic E-state index is -1.04. The summed E-state index contributed by atoms with van der Waals surface area (Å²) in [5, 5.41) is 9.03. The first-order valence-electron chi connectivity index (χ1n) is 7.55. The summed E-state index contributed by atoms with van der Waals surface area (Å²) >= 11 is 3.36. The normalized spacial score (nSPS) is 14.5. The first-order valence-corrected chi connectivity index (χ1v) is 8.34. The Balaban J connectivity index is 1.65. The SMILES string of the molecule is O=C(O)c1cccc(N2CCN(C(=O)c3ccc(Br)cc3)CC2)n1. The smallest absolute Gasteiger partial charge is 0.354 e. The number of benzene rings is 1. The van der Waals surface area contributed by atoms with E-state index < -0.39 is 5.97 Å². The van der Waals surface area contributed by atoms with Gasteiger partial charge in [0.15, 0.2) is 5.69 Å². The number of pyridine rings is 1. The van der Waals surface area contributed by atoms with Crippen molar-refractivity contribution in [3.05, 3.63) is 58.2 Å². The van der Waals surface area contributed by atoms with Crippen molar-refractivity contribution in [2.24, 2.45) is 0 Å². The van der Waals surface area contributed by atoms with Gasteiger partial charge in [-0.25, -0.2) is 9.78 Å². The summed E-state index contributed by atoms with van der Waals surface area (Å²) in [4.78, 5) is 31.5. The van der Waals surface area contributed by atoms with Gasteiger partial charge in [0.25, 0.3) is 5.91 Å². The average Bonchev–Trinajstić information content (AvgIpc) is 2.62. The fraction of sp³-hybridized carbons (Fsp3) is 0.235. The number of halogens is 1. The van der Waals surface area contributed by atoms with Crippen LogP contribution in [0.3, 0.4) is 0 Å². The highest BCUT2D eigenvalue weighted by molar-refractivity contribution is 9.10. The number of rotatable bonds is 3. The Labute approximate surface area is 147 Å². The first kappa shape index (κ1) is 16.4.